The average molecular weight is 497 g/mol. The van der Waals surface area contributed by atoms with Gasteiger partial charge in [0.15, 0.2) is 0 Å². The third-order valence-corrected chi connectivity index (χ3v) is 5.27. The van der Waals surface area contributed by atoms with Gasteiger partial charge in [-0.2, -0.15) is 0 Å². The van der Waals surface area contributed by atoms with Gasteiger partial charge < -0.3 is 20.1 Å². The van der Waals surface area contributed by atoms with E-state index >= 15 is 0 Å². The lowest BCUT2D eigenvalue weighted by molar-refractivity contribution is -0.116. The number of amides is 2. The Kier molecular flexibility index (Phi) is 8.83. The predicted octanol–water partition coefficient (Wildman–Crippen LogP) is 5.30. The van der Waals surface area contributed by atoms with E-state index in [2.05, 4.69) is 26.6 Å². The van der Waals surface area contributed by atoms with Crippen molar-refractivity contribution in [3.05, 3.63) is 88.4 Å². The van der Waals surface area contributed by atoms with Crippen LogP contribution in [0.1, 0.15) is 22.3 Å². The van der Waals surface area contributed by atoms with Gasteiger partial charge in [-0.05, 0) is 70.4 Å². The quantitative estimate of drug-likeness (QED) is 0.373. The summed E-state index contributed by atoms with van der Waals surface area (Å²) in [6.45, 7) is 0.911. The summed E-state index contributed by atoms with van der Waals surface area (Å²) in [6, 6.07) is 22.1. The molecule has 3 aromatic carbocycles. The number of rotatable bonds is 10. The lowest BCUT2D eigenvalue weighted by Crippen LogP contribution is -2.13. The first-order chi connectivity index (χ1) is 15.5. The fourth-order valence-electron chi connectivity index (χ4n) is 2.96. The lowest BCUT2D eigenvalue weighted by atomic mass is 10.1. The first kappa shape index (κ1) is 23.5. The first-order valence-corrected chi connectivity index (χ1v) is 11.0. The predicted molar refractivity (Wildman–Crippen MR) is 129 cm³/mol. The molecule has 0 fully saturated rings. The van der Waals surface area contributed by atoms with Crippen molar-refractivity contribution >= 4 is 39.1 Å². The van der Waals surface area contributed by atoms with Gasteiger partial charge in [-0.3, -0.25) is 9.59 Å². The van der Waals surface area contributed by atoms with Gasteiger partial charge in [0.2, 0.25) is 5.91 Å². The molecule has 0 saturated carbocycles. The molecule has 166 valence electrons. The van der Waals surface area contributed by atoms with Crippen LogP contribution in [-0.2, 0) is 16.0 Å². The number of hydrogen-bond acceptors (Lipinski definition) is 4. The van der Waals surface area contributed by atoms with Crippen LogP contribution in [0.25, 0.3) is 0 Å². The molecule has 0 aliphatic rings. The highest BCUT2D eigenvalue weighted by atomic mass is 79.9. The van der Waals surface area contributed by atoms with Gasteiger partial charge in [0, 0.05) is 30.5 Å². The molecule has 7 heteroatoms. The Balaban J connectivity index is 1.51. The smallest absolute Gasteiger partial charge is 0.255 e. The Bertz CT molecular complexity index is 1040. The Morgan fingerprint density at radius 1 is 0.875 bits per heavy atom. The fraction of sp³-hybridized carbons (Fsp3) is 0.200. The molecule has 2 N–H and O–H groups in total. The number of benzene rings is 3. The van der Waals surface area contributed by atoms with Crippen molar-refractivity contribution in [2.45, 2.75) is 12.8 Å². The highest BCUT2D eigenvalue weighted by Crippen LogP contribution is 2.26. The second kappa shape index (κ2) is 12.0. The van der Waals surface area contributed by atoms with Crippen molar-refractivity contribution < 1.29 is 19.1 Å². The summed E-state index contributed by atoms with van der Waals surface area (Å²) in [4.78, 5) is 24.7. The number of ether oxygens (including phenoxy) is 2. The summed E-state index contributed by atoms with van der Waals surface area (Å²) < 4.78 is 11.2. The molecule has 0 aromatic heterocycles. The molecule has 0 heterocycles. The number of methoxy groups -OCH3 is 1. The monoisotopic (exact) mass is 496 g/mol. The summed E-state index contributed by atoms with van der Waals surface area (Å²) in [5.74, 6) is 0.350. The zero-order chi connectivity index (χ0) is 22.8. The topological polar surface area (TPSA) is 76.7 Å². The van der Waals surface area contributed by atoms with Gasteiger partial charge in [0.05, 0.1) is 11.1 Å². The summed E-state index contributed by atoms with van der Waals surface area (Å²) >= 11 is 3.43. The van der Waals surface area contributed by atoms with Gasteiger partial charge in [0.25, 0.3) is 5.91 Å². The molecule has 0 aliphatic heterocycles. The van der Waals surface area contributed by atoms with Crippen molar-refractivity contribution in [3.63, 3.8) is 0 Å². The number of carbonyl (C=O) groups excluding carboxylic acids is 2. The Morgan fingerprint density at radius 3 is 2.22 bits per heavy atom. The second-order valence-electron chi connectivity index (χ2n) is 7.05. The fourth-order valence-corrected chi connectivity index (χ4v) is 3.45. The Labute approximate surface area is 196 Å². The Morgan fingerprint density at radius 2 is 1.56 bits per heavy atom. The van der Waals surface area contributed by atoms with E-state index in [1.54, 1.807) is 49.6 Å². The molecule has 0 spiro atoms. The van der Waals surface area contributed by atoms with E-state index in [0.29, 0.717) is 53.2 Å². The van der Waals surface area contributed by atoms with Crippen LogP contribution < -0.4 is 15.4 Å². The maximum Gasteiger partial charge on any atom is 0.255 e. The highest BCUT2D eigenvalue weighted by molar-refractivity contribution is 9.10. The van der Waals surface area contributed by atoms with Crippen molar-refractivity contribution in [1.29, 1.82) is 0 Å². The minimum absolute atomic E-state index is 0.0525. The van der Waals surface area contributed by atoms with Crippen LogP contribution in [0, 0.1) is 0 Å². The third-order valence-electron chi connectivity index (χ3n) is 4.65. The molecule has 0 radical (unpaired) electrons. The van der Waals surface area contributed by atoms with Crippen LogP contribution in [0.3, 0.4) is 0 Å². The maximum atomic E-state index is 12.6. The number of hydrogen-bond donors (Lipinski definition) is 2. The van der Waals surface area contributed by atoms with Gasteiger partial charge in [-0.15, -0.1) is 0 Å². The standard InChI is InChI=1S/C25H25BrN2O4/c1-31-15-16-32-23-13-8-19(17-22(23)26)25(30)28-21-11-9-20(10-12-21)27-24(29)14-7-18-5-3-2-4-6-18/h2-6,8-13,17H,7,14-16H2,1H3,(H,27,29)(H,28,30). The van der Waals surface area contributed by atoms with Gasteiger partial charge in [-0.1, -0.05) is 30.3 Å². The van der Waals surface area contributed by atoms with Crippen molar-refractivity contribution in [3.8, 4) is 5.75 Å². The van der Waals surface area contributed by atoms with Crippen LogP contribution in [0.2, 0.25) is 0 Å². The zero-order valence-corrected chi connectivity index (χ0v) is 19.4. The average Bonchev–Trinajstić information content (AvgIpc) is 2.81. The maximum absolute atomic E-state index is 12.6. The van der Waals surface area contributed by atoms with Crippen LogP contribution in [0.5, 0.6) is 5.75 Å². The largest absolute Gasteiger partial charge is 0.490 e. The van der Waals surface area contributed by atoms with E-state index in [-0.39, 0.29) is 11.8 Å². The number of carbonyl (C=O) groups is 2. The molecule has 3 rings (SSSR count). The summed E-state index contributed by atoms with van der Waals surface area (Å²) in [5.41, 5.74) is 2.94. The summed E-state index contributed by atoms with van der Waals surface area (Å²) in [7, 11) is 1.61. The van der Waals surface area contributed by atoms with E-state index in [4.69, 9.17) is 9.47 Å². The molecule has 0 bridgehead atoms. The van der Waals surface area contributed by atoms with E-state index in [1.165, 1.54) is 0 Å². The summed E-state index contributed by atoms with van der Waals surface area (Å²) in [5, 5.41) is 5.73. The normalized spacial score (nSPS) is 10.4. The number of nitrogens with one attached hydrogen (secondary N) is 2. The zero-order valence-electron chi connectivity index (χ0n) is 17.8. The van der Waals surface area contributed by atoms with Gasteiger partial charge >= 0.3 is 0 Å². The number of halogens is 1. The summed E-state index contributed by atoms with van der Waals surface area (Å²) in [6.07, 6.45) is 1.09. The van der Waals surface area contributed by atoms with Crippen LogP contribution in [0.4, 0.5) is 11.4 Å². The van der Waals surface area contributed by atoms with Crippen LogP contribution >= 0.6 is 15.9 Å². The van der Waals surface area contributed by atoms with Crippen molar-refractivity contribution in [1.82, 2.24) is 0 Å². The molecule has 3 aromatic rings. The van der Waals surface area contributed by atoms with Crippen molar-refractivity contribution in [2.75, 3.05) is 31.0 Å². The minimum atomic E-state index is -0.242. The van der Waals surface area contributed by atoms with E-state index in [1.807, 2.05) is 30.3 Å². The molecule has 2 amide bonds. The highest BCUT2D eigenvalue weighted by Gasteiger charge is 2.10. The molecule has 6 nitrogen and oxygen atoms in total. The van der Waals surface area contributed by atoms with Crippen molar-refractivity contribution in [2.24, 2.45) is 0 Å². The van der Waals surface area contributed by atoms with Crippen LogP contribution in [-0.4, -0.2) is 32.1 Å². The number of aryl methyl sites for hydroxylation is 1. The van der Waals surface area contributed by atoms with Gasteiger partial charge in [-0.25, -0.2) is 0 Å². The SMILES string of the molecule is COCCOc1ccc(C(=O)Nc2ccc(NC(=O)CCc3ccccc3)cc2)cc1Br. The molecule has 0 saturated heterocycles. The van der Waals surface area contributed by atoms with Crippen LogP contribution in [0.15, 0.2) is 77.3 Å². The first-order valence-electron chi connectivity index (χ1n) is 10.2. The second-order valence-corrected chi connectivity index (χ2v) is 7.91. The molecule has 0 aliphatic carbocycles. The van der Waals surface area contributed by atoms with E-state index < -0.39 is 0 Å². The van der Waals surface area contributed by atoms with Gasteiger partial charge in [0.1, 0.15) is 12.4 Å². The van der Waals surface area contributed by atoms with E-state index in [9.17, 15) is 9.59 Å². The molecular weight excluding hydrogens is 472 g/mol. The molecule has 32 heavy (non-hydrogen) atoms. The molecule has 0 unspecified atom stereocenters. The lowest BCUT2D eigenvalue weighted by Gasteiger charge is -2.10. The number of anilines is 2. The molecular formula is C25H25BrN2O4. The Hall–Kier alpha value is -3.16. The van der Waals surface area contributed by atoms with E-state index in [0.717, 1.165) is 5.56 Å². The third kappa shape index (κ3) is 7.21. The molecule has 0 atom stereocenters. The minimum Gasteiger partial charge on any atom is -0.490 e.